The third-order valence-corrected chi connectivity index (χ3v) is 6.38. The van der Waals surface area contributed by atoms with Gasteiger partial charge in [0.1, 0.15) is 0 Å². The molecule has 202 valence electrons. The maximum atomic E-state index is 13.4. The van der Waals surface area contributed by atoms with E-state index in [1.165, 1.54) is 0 Å². The first-order chi connectivity index (χ1) is 19.0. The van der Waals surface area contributed by atoms with Crippen molar-refractivity contribution < 1.29 is 19.1 Å². The molecular weight excluding hydrogens is 492 g/mol. The Morgan fingerprint density at radius 1 is 0.949 bits per heavy atom. The Morgan fingerprint density at radius 3 is 2.36 bits per heavy atom. The first kappa shape index (κ1) is 27.4. The summed E-state index contributed by atoms with van der Waals surface area (Å²) in [5.41, 5.74) is 3.81. The third kappa shape index (κ3) is 6.84. The summed E-state index contributed by atoms with van der Waals surface area (Å²) in [5.74, 6) is -0.498. The number of ether oxygens (including phenoxy) is 1. The molecule has 0 aromatic heterocycles. The van der Waals surface area contributed by atoms with E-state index >= 15 is 0 Å². The molecule has 0 unspecified atom stereocenters. The summed E-state index contributed by atoms with van der Waals surface area (Å²) in [7, 11) is 0. The van der Waals surface area contributed by atoms with Crippen molar-refractivity contribution in [3.8, 4) is 0 Å². The van der Waals surface area contributed by atoms with Gasteiger partial charge >= 0.3 is 18.0 Å². The summed E-state index contributed by atoms with van der Waals surface area (Å²) in [5, 5.41) is 8.70. The summed E-state index contributed by atoms with van der Waals surface area (Å²) in [4.78, 5) is 41.1. The van der Waals surface area contributed by atoms with Crippen LogP contribution in [0.4, 0.5) is 15.3 Å². The molecule has 1 aliphatic heterocycles. The molecule has 0 aliphatic carbocycles. The van der Waals surface area contributed by atoms with Crippen LogP contribution in [-0.2, 0) is 16.1 Å². The number of benzene rings is 3. The topological polar surface area (TPSA) is 99.8 Å². The van der Waals surface area contributed by atoms with Gasteiger partial charge < -0.3 is 20.7 Å². The molecule has 1 heterocycles. The van der Waals surface area contributed by atoms with Crippen LogP contribution < -0.4 is 16.0 Å². The predicted molar refractivity (Wildman–Crippen MR) is 152 cm³/mol. The Labute approximate surface area is 229 Å². The largest absolute Gasteiger partial charge is 0.463 e. The number of hydrogen-bond acceptors (Lipinski definition) is 4. The van der Waals surface area contributed by atoms with Gasteiger partial charge in [0.25, 0.3) is 0 Å². The maximum Gasteiger partial charge on any atom is 0.338 e. The number of nitrogens with zero attached hydrogens (tertiary/aromatic N) is 1. The fraction of sp³-hybridized carbons (Fsp3) is 0.258. The number of carbonyl (C=O) groups is 3. The van der Waals surface area contributed by atoms with Crippen LogP contribution in [0.15, 0.2) is 90.5 Å². The molecule has 39 heavy (non-hydrogen) atoms. The fourth-order valence-corrected chi connectivity index (χ4v) is 4.52. The van der Waals surface area contributed by atoms with Crippen molar-refractivity contribution in [2.75, 3.05) is 18.5 Å². The SMILES string of the molecule is CCCCN1C(=O)N[C@H](c2cccc(NC(=O)NCc3ccccc3)c2)C(C(=O)OCC)=C1c1ccccc1. The summed E-state index contributed by atoms with van der Waals surface area (Å²) in [6.45, 7) is 4.85. The molecule has 0 bridgehead atoms. The molecule has 0 saturated carbocycles. The predicted octanol–water partition coefficient (Wildman–Crippen LogP) is 5.85. The molecular formula is C31H34N4O4. The van der Waals surface area contributed by atoms with E-state index in [-0.39, 0.29) is 18.7 Å². The van der Waals surface area contributed by atoms with Crippen LogP contribution in [0, 0.1) is 0 Å². The number of carbonyl (C=O) groups excluding carboxylic acids is 3. The Morgan fingerprint density at radius 2 is 1.67 bits per heavy atom. The molecule has 0 saturated heterocycles. The lowest BCUT2D eigenvalue weighted by Gasteiger charge is -2.37. The lowest BCUT2D eigenvalue weighted by molar-refractivity contribution is -0.138. The Bertz CT molecular complexity index is 1320. The second kappa shape index (κ2) is 13.3. The molecule has 3 N–H and O–H groups in total. The zero-order valence-corrected chi connectivity index (χ0v) is 22.3. The Balaban J connectivity index is 1.68. The van der Waals surface area contributed by atoms with Crippen molar-refractivity contribution in [3.05, 3.63) is 107 Å². The van der Waals surface area contributed by atoms with E-state index in [2.05, 4.69) is 22.9 Å². The minimum Gasteiger partial charge on any atom is -0.463 e. The second-order valence-corrected chi connectivity index (χ2v) is 9.16. The van der Waals surface area contributed by atoms with E-state index in [0.29, 0.717) is 35.6 Å². The number of urea groups is 2. The van der Waals surface area contributed by atoms with Gasteiger partial charge in [-0.15, -0.1) is 0 Å². The van der Waals surface area contributed by atoms with E-state index < -0.39 is 12.0 Å². The molecule has 4 rings (SSSR count). The fourth-order valence-electron chi connectivity index (χ4n) is 4.52. The molecule has 0 radical (unpaired) electrons. The minimum atomic E-state index is -0.765. The first-order valence-electron chi connectivity index (χ1n) is 13.2. The highest BCUT2D eigenvalue weighted by molar-refractivity contribution is 6.04. The number of rotatable bonds is 10. The minimum absolute atomic E-state index is 0.198. The lowest BCUT2D eigenvalue weighted by atomic mass is 9.91. The van der Waals surface area contributed by atoms with E-state index in [9.17, 15) is 14.4 Å². The van der Waals surface area contributed by atoms with E-state index in [1.807, 2.05) is 66.7 Å². The molecule has 0 fully saturated rings. The summed E-state index contributed by atoms with van der Waals surface area (Å²) in [6, 6.07) is 24.7. The summed E-state index contributed by atoms with van der Waals surface area (Å²) >= 11 is 0. The van der Waals surface area contributed by atoms with Crippen LogP contribution in [0.2, 0.25) is 0 Å². The van der Waals surface area contributed by atoms with Gasteiger partial charge in [-0.1, -0.05) is 86.1 Å². The lowest BCUT2D eigenvalue weighted by Crippen LogP contribution is -2.48. The molecule has 4 amide bonds. The maximum absolute atomic E-state index is 13.4. The molecule has 1 aliphatic rings. The number of hydrogen-bond donors (Lipinski definition) is 3. The van der Waals surface area contributed by atoms with Crippen molar-refractivity contribution in [1.82, 2.24) is 15.5 Å². The first-order valence-corrected chi connectivity index (χ1v) is 13.2. The van der Waals surface area contributed by atoms with Crippen LogP contribution >= 0.6 is 0 Å². The molecule has 1 atom stereocenters. The Hall–Kier alpha value is -4.59. The van der Waals surface area contributed by atoms with Gasteiger partial charge in [0.2, 0.25) is 0 Å². The number of anilines is 1. The van der Waals surface area contributed by atoms with Crippen LogP contribution in [0.25, 0.3) is 5.70 Å². The van der Waals surface area contributed by atoms with Gasteiger partial charge in [-0.2, -0.15) is 0 Å². The van der Waals surface area contributed by atoms with Gasteiger partial charge in [0.05, 0.1) is 23.9 Å². The van der Waals surface area contributed by atoms with Crippen LogP contribution in [-0.4, -0.2) is 36.1 Å². The quantitative estimate of drug-likeness (QED) is 0.289. The number of amides is 4. The van der Waals surface area contributed by atoms with Gasteiger partial charge in [0, 0.05) is 18.8 Å². The molecule has 8 heteroatoms. The molecule has 3 aromatic carbocycles. The summed E-state index contributed by atoms with van der Waals surface area (Å²) in [6.07, 6.45) is 1.67. The van der Waals surface area contributed by atoms with E-state index in [0.717, 1.165) is 24.0 Å². The average Bonchev–Trinajstić information content (AvgIpc) is 2.96. The second-order valence-electron chi connectivity index (χ2n) is 9.16. The van der Waals surface area contributed by atoms with Gasteiger partial charge in [-0.3, -0.25) is 4.90 Å². The molecule has 3 aromatic rings. The average molecular weight is 527 g/mol. The summed E-state index contributed by atoms with van der Waals surface area (Å²) < 4.78 is 5.49. The van der Waals surface area contributed by atoms with Gasteiger partial charge in [-0.05, 0) is 42.2 Å². The van der Waals surface area contributed by atoms with Crippen molar-refractivity contribution in [1.29, 1.82) is 0 Å². The van der Waals surface area contributed by atoms with Crippen molar-refractivity contribution in [2.24, 2.45) is 0 Å². The normalized spacial score (nSPS) is 15.0. The number of nitrogens with one attached hydrogen (secondary N) is 3. The van der Waals surface area contributed by atoms with Crippen LogP contribution in [0.1, 0.15) is 49.4 Å². The van der Waals surface area contributed by atoms with Gasteiger partial charge in [-0.25, -0.2) is 14.4 Å². The zero-order valence-electron chi connectivity index (χ0n) is 22.3. The Kier molecular flexibility index (Phi) is 9.34. The van der Waals surface area contributed by atoms with Crippen molar-refractivity contribution in [3.63, 3.8) is 0 Å². The molecule has 8 nitrogen and oxygen atoms in total. The highest BCUT2D eigenvalue weighted by atomic mass is 16.5. The smallest absolute Gasteiger partial charge is 0.338 e. The van der Waals surface area contributed by atoms with E-state index in [4.69, 9.17) is 4.74 Å². The molecule has 0 spiro atoms. The van der Waals surface area contributed by atoms with E-state index in [1.54, 1.807) is 30.0 Å². The van der Waals surface area contributed by atoms with Crippen molar-refractivity contribution >= 4 is 29.4 Å². The number of esters is 1. The van der Waals surface area contributed by atoms with Crippen LogP contribution in [0.5, 0.6) is 0 Å². The highest BCUT2D eigenvalue weighted by Gasteiger charge is 2.38. The third-order valence-electron chi connectivity index (χ3n) is 6.38. The highest BCUT2D eigenvalue weighted by Crippen LogP contribution is 2.37. The monoisotopic (exact) mass is 526 g/mol. The standard InChI is InChI=1S/C31H34N4O4/c1-3-5-19-35-28(23-15-10-7-11-16-23)26(29(36)39-4-2)27(34-31(35)38)24-17-12-18-25(20-24)33-30(37)32-21-22-13-8-6-9-14-22/h6-18,20,27H,3-5,19,21H2,1-2H3,(H,34,38)(H2,32,33,37)/t27-/m1/s1. The zero-order chi connectivity index (χ0) is 27.6. The van der Waals surface area contributed by atoms with Crippen molar-refractivity contribution in [2.45, 2.75) is 39.3 Å². The van der Waals surface area contributed by atoms with Crippen LogP contribution in [0.3, 0.4) is 0 Å². The van der Waals surface area contributed by atoms with Gasteiger partial charge in [0.15, 0.2) is 0 Å². The number of unbranched alkanes of at least 4 members (excludes halogenated alkanes) is 1.